The van der Waals surface area contributed by atoms with Crippen molar-refractivity contribution in [3.8, 4) is 0 Å². The first-order valence-corrected chi connectivity index (χ1v) is 6.01. The van der Waals surface area contributed by atoms with Gasteiger partial charge in [0.1, 0.15) is 0 Å². The Kier molecular flexibility index (Phi) is 2.81. The van der Waals surface area contributed by atoms with Gasteiger partial charge in [0, 0.05) is 6.04 Å². The van der Waals surface area contributed by atoms with Gasteiger partial charge in [-0.2, -0.15) is 0 Å². The number of fused-ring (bicyclic) bond motifs is 1. The van der Waals surface area contributed by atoms with Crippen LogP contribution in [0.3, 0.4) is 0 Å². The van der Waals surface area contributed by atoms with Crippen LogP contribution in [0.5, 0.6) is 0 Å². The van der Waals surface area contributed by atoms with Gasteiger partial charge in [0.25, 0.3) is 0 Å². The van der Waals surface area contributed by atoms with Gasteiger partial charge in [0.05, 0.1) is 5.54 Å². The fourth-order valence-corrected chi connectivity index (χ4v) is 2.98. The van der Waals surface area contributed by atoms with Crippen LogP contribution in [0.25, 0.3) is 0 Å². The van der Waals surface area contributed by atoms with Crippen LogP contribution in [0, 0.1) is 5.92 Å². The summed E-state index contributed by atoms with van der Waals surface area (Å²) in [5.74, 6) is 0.448. The topological polar surface area (TPSA) is 29.3 Å². The molecule has 0 saturated carbocycles. The van der Waals surface area contributed by atoms with E-state index in [0.29, 0.717) is 12.0 Å². The van der Waals surface area contributed by atoms with E-state index in [-0.39, 0.29) is 5.54 Å². The smallest absolute Gasteiger partial charge is 0.0596 e. The van der Waals surface area contributed by atoms with Crippen molar-refractivity contribution in [1.82, 2.24) is 4.90 Å². The molecule has 2 heteroatoms. The van der Waals surface area contributed by atoms with E-state index in [9.17, 15) is 0 Å². The Labute approximate surface area is 98.4 Å². The van der Waals surface area contributed by atoms with Gasteiger partial charge in [-0.3, -0.25) is 0 Å². The molecule has 0 aromatic heterocycles. The molecule has 1 aromatic carbocycles. The predicted octanol–water partition coefficient (Wildman–Crippen LogP) is 1.98. The van der Waals surface area contributed by atoms with E-state index in [1.807, 2.05) is 0 Å². The quantitative estimate of drug-likeness (QED) is 0.822. The lowest BCUT2D eigenvalue weighted by Crippen LogP contribution is -2.54. The van der Waals surface area contributed by atoms with E-state index >= 15 is 0 Å². The molecule has 16 heavy (non-hydrogen) atoms. The molecule has 1 aliphatic rings. The van der Waals surface area contributed by atoms with E-state index in [1.54, 1.807) is 0 Å². The third-order valence-corrected chi connectivity index (χ3v) is 4.03. The van der Waals surface area contributed by atoms with E-state index in [4.69, 9.17) is 5.73 Å². The Morgan fingerprint density at radius 2 is 1.94 bits per heavy atom. The molecule has 0 fully saturated rings. The third kappa shape index (κ3) is 1.48. The van der Waals surface area contributed by atoms with E-state index < -0.39 is 0 Å². The lowest BCUT2D eigenvalue weighted by atomic mass is 9.79. The van der Waals surface area contributed by atoms with E-state index in [0.717, 1.165) is 6.42 Å². The van der Waals surface area contributed by atoms with Crippen molar-refractivity contribution in [2.24, 2.45) is 11.7 Å². The Bertz CT molecular complexity index is 384. The molecule has 2 atom stereocenters. The first-order valence-electron chi connectivity index (χ1n) is 6.01. The van der Waals surface area contributed by atoms with Gasteiger partial charge < -0.3 is 10.6 Å². The zero-order valence-electron chi connectivity index (χ0n) is 10.7. The molecule has 88 valence electrons. The fraction of sp³-hybridized carbons (Fsp3) is 0.571. The summed E-state index contributed by atoms with van der Waals surface area (Å²) in [4.78, 5) is 2.26. The highest BCUT2D eigenvalue weighted by Crippen LogP contribution is 2.41. The Morgan fingerprint density at radius 3 is 2.50 bits per heavy atom. The third-order valence-electron chi connectivity index (χ3n) is 4.03. The lowest BCUT2D eigenvalue weighted by Gasteiger charge is -2.40. The summed E-state index contributed by atoms with van der Waals surface area (Å²) >= 11 is 0. The number of nitrogens with zero attached hydrogens (tertiary/aromatic N) is 1. The number of hydrogen-bond acceptors (Lipinski definition) is 2. The minimum Gasteiger partial charge on any atom is -0.320 e. The molecule has 0 saturated heterocycles. The highest BCUT2D eigenvalue weighted by molar-refractivity contribution is 5.42. The van der Waals surface area contributed by atoms with Crippen LogP contribution in [-0.4, -0.2) is 25.0 Å². The molecule has 0 bridgehead atoms. The zero-order valence-corrected chi connectivity index (χ0v) is 10.7. The Hall–Kier alpha value is -0.860. The molecule has 2 N–H and O–H groups in total. The SMILES string of the molecule is CC(C)C1(N)c2ccccc2CC1N(C)C. The van der Waals surface area contributed by atoms with Crippen molar-refractivity contribution in [1.29, 1.82) is 0 Å². The van der Waals surface area contributed by atoms with Crippen molar-refractivity contribution < 1.29 is 0 Å². The number of nitrogens with two attached hydrogens (primary N) is 1. The average molecular weight is 218 g/mol. The molecule has 1 aliphatic carbocycles. The van der Waals surface area contributed by atoms with Crippen molar-refractivity contribution >= 4 is 0 Å². The molecule has 0 heterocycles. The summed E-state index contributed by atoms with van der Waals surface area (Å²) in [6, 6.07) is 9.02. The van der Waals surface area contributed by atoms with Gasteiger partial charge in [-0.15, -0.1) is 0 Å². The van der Waals surface area contributed by atoms with Crippen molar-refractivity contribution in [3.63, 3.8) is 0 Å². The average Bonchev–Trinajstić information content (AvgIpc) is 2.54. The van der Waals surface area contributed by atoms with Gasteiger partial charge in [-0.1, -0.05) is 38.1 Å². The molecular formula is C14H22N2. The minimum absolute atomic E-state index is 0.208. The second-order valence-electron chi connectivity index (χ2n) is 5.43. The molecule has 2 nitrogen and oxygen atoms in total. The summed E-state index contributed by atoms with van der Waals surface area (Å²) in [7, 11) is 4.25. The summed E-state index contributed by atoms with van der Waals surface area (Å²) in [6.07, 6.45) is 1.07. The molecule has 0 amide bonds. The predicted molar refractivity (Wildman–Crippen MR) is 68.3 cm³/mol. The maximum Gasteiger partial charge on any atom is 0.0596 e. The highest BCUT2D eigenvalue weighted by atomic mass is 15.1. The van der Waals surface area contributed by atoms with Gasteiger partial charge >= 0.3 is 0 Å². The maximum atomic E-state index is 6.72. The number of benzene rings is 1. The van der Waals surface area contributed by atoms with Crippen LogP contribution in [0.4, 0.5) is 0 Å². The summed E-state index contributed by atoms with van der Waals surface area (Å²) in [6.45, 7) is 4.44. The fourth-order valence-electron chi connectivity index (χ4n) is 2.98. The highest BCUT2D eigenvalue weighted by Gasteiger charge is 2.46. The van der Waals surface area contributed by atoms with Crippen LogP contribution >= 0.6 is 0 Å². The number of likely N-dealkylation sites (N-methyl/N-ethyl adjacent to an activating group) is 1. The normalized spacial score (nSPS) is 28.8. The van der Waals surface area contributed by atoms with Crippen molar-refractivity contribution in [2.75, 3.05) is 14.1 Å². The van der Waals surface area contributed by atoms with Gasteiger partial charge in [-0.05, 0) is 37.6 Å². The van der Waals surface area contributed by atoms with Gasteiger partial charge in [-0.25, -0.2) is 0 Å². The van der Waals surface area contributed by atoms with Crippen LogP contribution in [0.15, 0.2) is 24.3 Å². The van der Waals surface area contributed by atoms with Crippen LogP contribution in [-0.2, 0) is 12.0 Å². The monoisotopic (exact) mass is 218 g/mol. The number of rotatable bonds is 2. The maximum absolute atomic E-state index is 6.72. The summed E-state index contributed by atoms with van der Waals surface area (Å²) in [5, 5.41) is 0. The van der Waals surface area contributed by atoms with Crippen LogP contribution in [0.2, 0.25) is 0 Å². The first-order chi connectivity index (χ1) is 7.48. The lowest BCUT2D eigenvalue weighted by molar-refractivity contribution is 0.149. The zero-order chi connectivity index (χ0) is 11.9. The molecule has 0 aliphatic heterocycles. The van der Waals surface area contributed by atoms with E-state index in [1.165, 1.54) is 11.1 Å². The second-order valence-corrected chi connectivity index (χ2v) is 5.43. The van der Waals surface area contributed by atoms with E-state index in [2.05, 4.69) is 57.1 Å². The van der Waals surface area contributed by atoms with Gasteiger partial charge in [0.2, 0.25) is 0 Å². The van der Waals surface area contributed by atoms with Crippen molar-refractivity contribution in [2.45, 2.75) is 31.8 Å². The minimum atomic E-state index is -0.208. The Balaban J connectivity index is 2.52. The molecule has 0 radical (unpaired) electrons. The molecule has 1 aromatic rings. The summed E-state index contributed by atoms with van der Waals surface area (Å²) < 4.78 is 0. The van der Waals surface area contributed by atoms with Gasteiger partial charge in [0.15, 0.2) is 0 Å². The molecule has 0 spiro atoms. The van der Waals surface area contributed by atoms with Crippen LogP contribution in [0.1, 0.15) is 25.0 Å². The largest absolute Gasteiger partial charge is 0.320 e. The first kappa shape index (κ1) is 11.6. The second kappa shape index (κ2) is 3.86. The molecular weight excluding hydrogens is 196 g/mol. The summed E-state index contributed by atoms with van der Waals surface area (Å²) in [5.41, 5.74) is 9.26. The molecule has 2 rings (SSSR count). The standard InChI is InChI=1S/C14H22N2/c1-10(2)14(15)12-8-6-5-7-11(12)9-13(14)16(3)4/h5-8,10,13H,9,15H2,1-4H3. The van der Waals surface area contributed by atoms with Crippen molar-refractivity contribution in [3.05, 3.63) is 35.4 Å². The molecule has 2 unspecified atom stereocenters. The number of hydrogen-bond donors (Lipinski definition) is 1. The van der Waals surface area contributed by atoms with Crippen LogP contribution < -0.4 is 5.73 Å². The Morgan fingerprint density at radius 1 is 1.31 bits per heavy atom.